The van der Waals surface area contributed by atoms with Crippen LogP contribution in [-0.4, -0.2) is 28.3 Å². The van der Waals surface area contributed by atoms with E-state index in [0.29, 0.717) is 11.6 Å². The Morgan fingerprint density at radius 2 is 2.11 bits per heavy atom. The average molecular weight is 250 g/mol. The molecule has 2 N–H and O–H groups in total. The van der Waals surface area contributed by atoms with Gasteiger partial charge in [0, 0.05) is 12.0 Å². The van der Waals surface area contributed by atoms with Gasteiger partial charge in [0.15, 0.2) is 5.69 Å². The summed E-state index contributed by atoms with van der Waals surface area (Å²) in [6, 6.07) is 1.58. The van der Waals surface area contributed by atoms with Gasteiger partial charge >= 0.3 is 0 Å². The third-order valence-corrected chi connectivity index (χ3v) is 3.79. The zero-order valence-electron chi connectivity index (χ0n) is 10.3. The molecule has 0 bridgehead atoms. The van der Waals surface area contributed by atoms with Crippen LogP contribution < -0.4 is 5.32 Å². The lowest BCUT2D eigenvalue weighted by Crippen LogP contribution is -2.45. The third-order valence-electron chi connectivity index (χ3n) is 3.79. The van der Waals surface area contributed by atoms with Crippen molar-refractivity contribution in [3.8, 4) is 0 Å². The Balaban J connectivity index is 1.62. The van der Waals surface area contributed by atoms with Gasteiger partial charge in [0.2, 0.25) is 0 Å². The molecule has 0 aliphatic heterocycles. The molecule has 98 valence electrons. The van der Waals surface area contributed by atoms with Crippen LogP contribution in [0.1, 0.15) is 60.7 Å². The fraction of sp³-hybridized carbons (Fsp3) is 0.692. The van der Waals surface area contributed by atoms with Gasteiger partial charge < -0.3 is 14.9 Å². The molecule has 5 nitrogen and oxygen atoms in total. The predicted molar refractivity (Wildman–Crippen MR) is 64.2 cm³/mol. The summed E-state index contributed by atoms with van der Waals surface area (Å²) in [5.74, 6) is 1.03. The molecule has 1 aromatic rings. The second-order valence-electron chi connectivity index (χ2n) is 5.32. The van der Waals surface area contributed by atoms with Gasteiger partial charge in [0.25, 0.3) is 5.91 Å². The Bertz CT molecular complexity index is 439. The summed E-state index contributed by atoms with van der Waals surface area (Å²) in [5.41, 5.74) is 0.328. The molecule has 18 heavy (non-hydrogen) atoms. The monoisotopic (exact) mass is 250 g/mol. The van der Waals surface area contributed by atoms with Gasteiger partial charge in [-0.15, -0.1) is 0 Å². The Morgan fingerprint density at radius 1 is 1.33 bits per heavy atom. The quantitative estimate of drug-likeness (QED) is 0.854. The lowest BCUT2D eigenvalue weighted by atomic mass is 9.92. The molecule has 1 heterocycles. The molecular formula is C13H18N2O3. The van der Waals surface area contributed by atoms with Crippen molar-refractivity contribution in [3.05, 3.63) is 17.5 Å². The average Bonchev–Trinajstić information content (AvgIpc) is 3.10. The Hall–Kier alpha value is -1.36. The Kier molecular flexibility index (Phi) is 3.07. The molecule has 1 amide bonds. The summed E-state index contributed by atoms with van der Waals surface area (Å²) >= 11 is 0. The number of carbonyl (C=O) groups excluding carboxylic acids is 1. The van der Waals surface area contributed by atoms with E-state index in [1.54, 1.807) is 6.07 Å². The molecule has 1 aromatic heterocycles. The maximum atomic E-state index is 12.0. The predicted octanol–water partition coefficient (Wildman–Crippen LogP) is 1.59. The molecule has 2 saturated carbocycles. The fourth-order valence-electron chi connectivity index (χ4n) is 2.48. The van der Waals surface area contributed by atoms with Crippen molar-refractivity contribution in [2.75, 3.05) is 0 Å². The van der Waals surface area contributed by atoms with Crippen LogP contribution in [0, 0.1) is 0 Å². The van der Waals surface area contributed by atoms with E-state index in [1.807, 2.05) is 0 Å². The molecule has 5 heteroatoms. The molecule has 0 unspecified atom stereocenters. The molecule has 0 spiro atoms. The number of aromatic nitrogens is 1. The fourth-order valence-corrected chi connectivity index (χ4v) is 2.48. The van der Waals surface area contributed by atoms with Crippen molar-refractivity contribution < 1.29 is 14.4 Å². The van der Waals surface area contributed by atoms with Gasteiger partial charge in [-0.2, -0.15) is 0 Å². The largest absolute Gasteiger partial charge is 0.391 e. The van der Waals surface area contributed by atoms with Crippen LogP contribution in [0.4, 0.5) is 0 Å². The van der Waals surface area contributed by atoms with E-state index in [0.717, 1.165) is 44.3 Å². The zero-order valence-corrected chi connectivity index (χ0v) is 10.3. The first kappa shape index (κ1) is 11.7. The van der Waals surface area contributed by atoms with Crippen molar-refractivity contribution in [1.29, 1.82) is 0 Å². The first-order chi connectivity index (χ1) is 8.74. The zero-order chi connectivity index (χ0) is 12.5. The lowest BCUT2D eigenvalue weighted by molar-refractivity contribution is 0.0711. The maximum Gasteiger partial charge on any atom is 0.273 e. The van der Waals surface area contributed by atoms with Crippen molar-refractivity contribution in [3.63, 3.8) is 0 Å². The van der Waals surface area contributed by atoms with Crippen LogP contribution >= 0.6 is 0 Å². The molecule has 0 radical (unpaired) electrons. The summed E-state index contributed by atoms with van der Waals surface area (Å²) < 4.78 is 5.15. The molecule has 0 aromatic carbocycles. The first-order valence-corrected chi connectivity index (χ1v) is 6.69. The van der Waals surface area contributed by atoms with Crippen molar-refractivity contribution in [2.45, 2.75) is 56.6 Å². The van der Waals surface area contributed by atoms with E-state index >= 15 is 0 Å². The summed E-state index contributed by atoms with van der Waals surface area (Å²) in [5, 5.41) is 16.5. The highest BCUT2D eigenvalue weighted by Crippen LogP contribution is 2.40. The number of amides is 1. The topological polar surface area (TPSA) is 75.4 Å². The van der Waals surface area contributed by atoms with E-state index < -0.39 is 6.10 Å². The molecule has 2 aliphatic rings. The number of aliphatic hydroxyl groups is 1. The second-order valence-corrected chi connectivity index (χ2v) is 5.32. The summed E-state index contributed by atoms with van der Waals surface area (Å²) in [6.45, 7) is 0. The normalized spacial score (nSPS) is 28.1. The van der Waals surface area contributed by atoms with E-state index in [1.165, 1.54) is 0 Å². The number of carbonyl (C=O) groups is 1. The molecule has 0 saturated heterocycles. The summed E-state index contributed by atoms with van der Waals surface area (Å²) in [6.07, 6.45) is 5.49. The minimum atomic E-state index is -0.433. The van der Waals surface area contributed by atoms with Gasteiger partial charge in [0.1, 0.15) is 5.76 Å². The second kappa shape index (κ2) is 4.72. The standard InChI is InChI=1S/C13H18N2O3/c16-11-4-2-1-3-9(11)14-13(17)10-7-12(18-15-10)8-5-6-8/h7-9,11,16H,1-6H2,(H,14,17)/t9-,11-/m0/s1. The van der Waals surface area contributed by atoms with Gasteiger partial charge in [0.05, 0.1) is 12.1 Å². The maximum absolute atomic E-state index is 12.0. The van der Waals surface area contributed by atoms with Gasteiger partial charge in [-0.3, -0.25) is 4.79 Å². The highest BCUT2D eigenvalue weighted by atomic mass is 16.5. The van der Waals surface area contributed by atoms with Gasteiger partial charge in [-0.1, -0.05) is 18.0 Å². The molecule has 3 rings (SSSR count). The first-order valence-electron chi connectivity index (χ1n) is 6.69. The Morgan fingerprint density at radius 3 is 2.83 bits per heavy atom. The van der Waals surface area contributed by atoms with E-state index in [2.05, 4.69) is 10.5 Å². The van der Waals surface area contributed by atoms with Gasteiger partial charge in [-0.25, -0.2) is 0 Å². The van der Waals surface area contributed by atoms with Crippen LogP contribution in [-0.2, 0) is 0 Å². The third kappa shape index (κ3) is 2.41. The molecule has 2 fully saturated rings. The van der Waals surface area contributed by atoms with Crippen LogP contribution in [0.25, 0.3) is 0 Å². The number of nitrogens with one attached hydrogen (secondary N) is 1. The van der Waals surface area contributed by atoms with Crippen molar-refractivity contribution in [2.24, 2.45) is 0 Å². The van der Waals surface area contributed by atoms with Crippen molar-refractivity contribution >= 4 is 5.91 Å². The number of nitrogens with zero attached hydrogens (tertiary/aromatic N) is 1. The SMILES string of the molecule is O=C(N[C@H]1CCCC[C@@H]1O)c1cc(C2CC2)on1. The van der Waals surface area contributed by atoms with Crippen LogP contribution in [0.15, 0.2) is 10.6 Å². The number of aliphatic hydroxyl groups excluding tert-OH is 1. The van der Waals surface area contributed by atoms with Crippen LogP contribution in [0.5, 0.6) is 0 Å². The highest BCUT2D eigenvalue weighted by molar-refractivity contribution is 5.92. The van der Waals surface area contributed by atoms with E-state index in [-0.39, 0.29) is 11.9 Å². The Labute approximate surface area is 106 Å². The van der Waals surface area contributed by atoms with E-state index in [4.69, 9.17) is 4.52 Å². The molecule has 2 atom stereocenters. The van der Waals surface area contributed by atoms with Crippen LogP contribution in [0.3, 0.4) is 0 Å². The number of hydrogen-bond acceptors (Lipinski definition) is 4. The smallest absolute Gasteiger partial charge is 0.273 e. The van der Waals surface area contributed by atoms with Crippen molar-refractivity contribution in [1.82, 2.24) is 10.5 Å². The summed E-state index contributed by atoms with van der Waals surface area (Å²) in [7, 11) is 0. The van der Waals surface area contributed by atoms with E-state index in [9.17, 15) is 9.90 Å². The minimum Gasteiger partial charge on any atom is -0.391 e. The van der Waals surface area contributed by atoms with Crippen LogP contribution in [0.2, 0.25) is 0 Å². The minimum absolute atomic E-state index is 0.146. The van der Waals surface area contributed by atoms with Gasteiger partial charge in [-0.05, 0) is 25.7 Å². The number of hydrogen-bond donors (Lipinski definition) is 2. The lowest BCUT2D eigenvalue weighted by Gasteiger charge is -2.27. The molecular weight excluding hydrogens is 232 g/mol. The number of rotatable bonds is 3. The highest BCUT2D eigenvalue weighted by Gasteiger charge is 2.30. The molecule has 2 aliphatic carbocycles. The summed E-state index contributed by atoms with van der Waals surface area (Å²) in [4.78, 5) is 12.0.